The van der Waals surface area contributed by atoms with E-state index in [0.717, 1.165) is 24.2 Å². The third kappa shape index (κ3) is 3.84. The quantitative estimate of drug-likeness (QED) is 0.739. The number of carbonyl (C=O) groups is 1. The number of hydrogen-bond acceptors (Lipinski definition) is 4. The van der Waals surface area contributed by atoms with Gasteiger partial charge in [-0.15, -0.1) is 0 Å². The fourth-order valence-corrected chi connectivity index (χ4v) is 3.54. The zero-order valence-corrected chi connectivity index (χ0v) is 16.0. The number of fused-ring (bicyclic) bond motifs is 1. The summed E-state index contributed by atoms with van der Waals surface area (Å²) in [4.78, 5) is 14.9. The Morgan fingerprint density at radius 1 is 1.25 bits per heavy atom. The minimum atomic E-state index is -0.556. The van der Waals surface area contributed by atoms with E-state index in [0.29, 0.717) is 37.3 Å². The Hall–Kier alpha value is -2.93. The summed E-state index contributed by atoms with van der Waals surface area (Å²) in [5.74, 6) is -0.0217. The molecule has 0 aliphatic carbocycles. The van der Waals surface area contributed by atoms with Crippen LogP contribution in [0.3, 0.4) is 0 Å². The molecule has 0 spiro atoms. The Labute approximate surface area is 164 Å². The van der Waals surface area contributed by atoms with Gasteiger partial charge in [-0.05, 0) is 24.5 Å². The van der Waals surface area contributed by atoms with Gasteiger partial charge in [-0.3, -0.25) is 14.2 Å². The zero-order valence-electron chi connectivity index (χ0n) is 16.0. The van der Waals surface area contributed by atoms with Crippen LogP contribution in [0.15, 0.2) is 48.8 Å². The Morgan fingerprint density at radius 2 is 2.07 bits per heavy atom. The van der Waals surface area contributed by atoms with Crippen molar-refractivity contribution in [2.24, 2.45) is 0 Å². The van der Waals surface area contributed by atoms with Crippen molar-refractivity contribution < 1.29 is 9.90 Å². The molecule has 1 atom stereocenters. The van der Waals surface area contributed by atoms with Gasteiger partial charge in [0.1, 0.15) is 0 Å². The van der Waals surface area contributed by atoms with Crippen LogP contribution in [0.25, 0.3) is 0 Å². The number of rotatable bonds is 5. The lowest BCUT2D eigenvalue weighted by molar-refractivity contribution is 0.0745. The summed E-state index contributed by atoms with van der Waals surface area (Å²) in [6.07, 6.45) is 4.35. The number of amides is 1. The molecule has 1 amide bonds. The molecule has 3 aromatic rings. The lowest BCUT2D eigenvalue weighted by Gasteiger charge is -2.19. The minimum absolute atomic E-state index is 0.0217. The van der Waals surface area contributed by atoms with Crippen molar-refractivity contribution in [3.05, 3.63) is 71.3 Å². The molecule has 1 aromatic carbocycles. The third-order valence-electron chi connectivity index (χ3n) is 5.12. The fourth-order valence-electron chi connectivity index (χ4n) is 3.54. The second kappa shape index (κ2) is 7.98. The summed E-state index contributed by atoms with van der Waals surface area (Å²) in [6.45, 7) is 4.49. The summed E-state index contributed by atoms with van der Waals surface area (Å²) in [6, 6.07) is 12.0. The lowest BCUT2D eigenvalue weighted by atomic mass is 10.2. The normalized spacial score (nSPS) is 15.1. The van der Waals surface area contributed by atoms with Gasteiger partial charge in [0.2, 0.25) is 0 Å². The number of aliphatic hydroxyl groups excluding tert-OH is 1. The van der Waals surface area contributed by atoms with Crippen molar-refractivity contribution in [2.45, 2.75) is 45.5 Å². The standard InChI is InChI=1S/C21H25N5O2/c1-2-20(27)19-11-18-15-24(9-6-10-26(18)23-19)21(28)17-12-22-25(14-17)13-16-7-4-3-5-8-16/h3-5,7-8,11-12,14,20,27H,2,6,9-10,13,15H2,1H3. The second-order valence-electron chi connectivity index (χ2n) is 7.20. The van der Waals surface area contributed by atoms with Crippen LogP contribution < -0.4 is 0 Å². The molecule has 0 saturated heterocycles. The highest BCUT2D eigenvalue weighted by Gasteiger charge is 2.23. The highest BCUT2D eigenvalue weighted by molar-refractivity contribution is 5.93. The number of carbonyl (C=O) groups excluding carboxylic acids is 1. The summed E-state index contributed by atoms with van der Waals surface area (Å²) in [5.41, 5.74) is 3.38. The molecular weight excluding hydrogens is 354 g/mol. The van der Waals surface area contributed by atoms with Gasteiger partial charge in [0.15, 0.2) is 0 Å². The largest absolute Gasteiger partial charge is 0.387 e. The van der Waals surface area contributed by atoms with Crippen LogP contribution in [-0.2, 0) is 19.6 Å². The van der Waals surface area contributed by atoms with Gasteiger partial charge in [-0.25, -0.2) is 0 Å². The Balaban J connectivity index is 1.48. The SMILES string of the molecule is CCC(O)c1cc2n(n1)CCCN(C(=O)c1cnn(Cc3ccccc3)c1)C2. The Morgan fingerprint density at radius 3 is 2.86 bits per heavy atom. The first-order valence-corrected chi connectivity index (χ1v) is 9.74. The fraction of sp³-hybridized carbons (Fsp3) is 0.381. The van der Waals surface area contributed by atoms with E-state index in [1.807, 2.05) is 59.1 Å². The van der Waals surface area contributed by atoms with E-state index in [-0.39, 0.29) is 5.91 Å². The minimum Gasteiger partial charge on any atom is -0.387 e. The number of benzene rings is 1. The van der Waals surface area contributed by atoms with Crippen molar-refractivity contribution in [1.29, 1.82) is 0 Å². The average molecular weight is 379 g/mol. The molecule has 146 valence electrons. The Kier molecular flexibility index (Phi) is 5.25. The maximum Gasteiger partial charge on any atom is 0.257 e. The highest BCUT2D eigenvalue weighted by Crippen LogP contribution is 2.21. The van der Waals surface area contributed by atoms with Crippen LogP contribution in [0.2, 0.25) is 0 Å². The molecule has 0 fully saturated rings. The number of hydrogen-bond donors (Lipinski definition) is 1. The van der Waals surface area contributed by atoms with E-state index in [4.69, 9.17) is 0 Å². The molecule has 1 unspecified atom stereocenters. The first-order chi connectivity index (χ1) is 13.6. The van der Waals surface area contributed by atoms with Gasteiger partial charge < -0.3 is 10.0 Å². The topological polar surface area (TPSA) is 76.2 Å². The van der Waals surface area contributed by atoms with Gasteiger partial charge in [-0.2, -0.15) is 10.2 Å². The first kappa shape index (κ1) is 18.4. The van der Waals surface area contributed by atoms with Crippen LogP contribution in [0.4, 0.5) is 0 Å². The molecule has 1 N–H and O–H groups in total. The first-order valence-electron chi connectivity index (χ1n) is 9.74. The van der Waals surface area contributed by atoms with E-state index < -0.39 is 6.10 Å². The summed E-state index contributed by atoms with van der Waals surface area (Å²) in [5, 5.41) is 18.9. The van der Waals surface area contributed by atoms with Crippen LogP contribution >= 0.6 is 0 Å². The molecule has 2 aromatic heterocycles. The van der Waals surface area contributed by atoms with E-state index >= 15 is 0 Å². The van der Waals surface area contributed by atoms with Crippen molar-refractivity contribution in [3.63, 3.8) is 0 Å². The highest BCUT2D eigenvalue weighted by atomic mass is 16.3. The number of aliphatic hydroxyl groups is 1. The zero-order chi connectivity index (χ0) is 19.5. The van der Waals surface area contributed by atoms with Crippen molar-refractivity contribution in [1.82, 2.24) is 24.5 Å². The van der Waals surface area contributed by atoms with Gasteiger partial charge in [0.25, 0.3) is 5.91 Å². The summed E-state index contributed by atoms with van der Waals surface area (Å²) < 4.78 is 3.71. The van der Waals surface area contributed by atoms with Crippen LogP contribution in [0.1, 0.15) is 53.2 Å². The van der Waals surface area contributed by atoms with E-state index in [9.17, 15) is 9.90 Å². The Bertz CT molecular complexity index is 947. The number of aryl methyl sites for hydroxylation is 1. The predicted octanol–water partition coefficient (Wildman–Crippen LogP) is 2.62. The van der Waals surface area contributed by atoms with Gasteiger partial charge in [0, 0.05) is 19.3 Å². The monoisotopic (exact) mass is 379 g/mol. The molecule has 1 aliphatic heterocycles. The van der Waals surface area contributed by atoms with E-state index in [1.54, 1.807) is 10.9 Å². The molecule has 0 saturated carbocycles. The van der Waals surface area contributed by atoms with Crippen LogP contribution in [-0.4, -0.2) is 42.0 Å². The molecular formula is C21H25N5O2. The lowest BCUT2D eigenvalue weighted by Crippen LogP contribution is -2.30. The maximum atomic E-state index is 13.0. The van der Waals surface area contributed by atoms with Gasteiger partial charge >= 0.3 is 0 Å². The molecule has 4 rings (SSSR count). The third-order valence-corrected chi connectivity index (χ3v) is 5.12. The molecule has 7 nitrogen and oxygen atoms in total. The van der Waals surface area contributed by atoms with Crippen LogP contribution in [0, 0.1) is 0 Å². The summed E-state index contributed by atoms with van der Waals surface area (Å²) in [7, 11) is 0. The maximum absolute atomic E-state index is 13.0. The van der Waals surface area contributed by atoms with E-state index in [2.05, 4.69) is 10.2 Å². The second-order valence-corrected chi connectivity index (χ2v) is 7.20. The molecule has 7 heteroatoms. The van der Waals surface area contributed by atoms with Crippen LogP contribution in [0.5, 0.6) is 0 Å². The van der Waals surface area contributed by atoms with Crippen molar-refractivity contribution >= 4 is 5.91 Å². The predicted molar refractivity (Wildman–Crippen MR) is 105 cm³/mol. The average Bonchev–Trinajstić information content (AvgIpc) is 3.29. The number of aromatic nitrogens is 4. The molecule has 1 aliphatic rings. The van der Waals surface area contributed by atoms with E-state index in [1.165, 1.54) is 0 Å². The molecule has 28 heavy (non-hydrogen) atoms. The van der Waals surface area contributed by atoms with Crippen molar-refractivity contribution in [2.75, 3.05) is 6.54 Å². The molecule has 0 radical (unpaired) electrons. The smallest absolute Gasteiger partial charge is 0.257 e. The number of nitrogens with zero attached hydrogens (tertiary/aromatic N) is 5. The van der Waals surface area contributed by atoms with Gasteiger partial charge in [-0.1, -0.05) is 37.3 Å². The summed E-state index contributed by atoms with van der Waals surface area (Å²) >= 11 is 0. The molecule has 3 heterocycles. The van der Waals surface area contributed by atoms with Gasteiger partial charge in [0.05, 0.1) is 42.3 Å². The van der Waals surface area contributed by atoms with Crippen molar-refractivity contribution in [3.8, 4) is 0 Å². The molecule has 0 bridgehead atoms.